The molecule has 0 aromatic carbocycles. The van der Waals surface area contributed by atoms with Crippen LogP contribution in [0, 0.1) is 23.2 Å². The second kappa shape index (κ2) is 4.97. The lowest BCUT2D eigenvalue weighted by molar-refractivity contribution is -0.151. The maximum absolute atomic E-state index is 12.4. The average molecular weight is 271 g/mol. The number of fused-ring (bicyclic) bond motifs is 1. The van der Waals surface area contributed by atoms with Gasteiger partial charge in [-0.3, -0.25) is 4.79 Å². The lowest BCUT2D eigenvalue weighted by atomic mass is 9.52. The van der Waals surface area contributed by atoms with Gasteiger partial charge in [0.1, 0.15) is 6.10 Å². The number of carbonyl (C=O) groups is 1. The second-order valence-corrected chi connectivity index (χ2v) is 6.65. The first kappa shape index (κ1) is 14.1. The van der Waals surface area contributed by atoms with Gasteiger partial charge in [0.2, 0.25) is 0 Å². The highest BCUT2D eigenvalue weighted by Gasteiger charge is 2.54. The van der Waals surface area contributed by atoms with E-state index in [-0.39, 0.29) is 23.0 Å². The van der Waals surface area contributed by atoms with Crippen molar-refractivity contribution in [2.24, 2.45) is 23.2 Å². The molecule has 0 spiro atoms. The molecule has 102 valence electrons. The third kappa shape index (κ3) is 2.04. The quantitative estimate of drug-likeness (QED) is 0.618. The normalized spacial score (nSPS) is 44.6. The fraction of sp³-hybridized carbons (Fsp3) is 0.800. The van der Waals surface area contributed by atoms with E-state index >= 15 is 0 Å². The van der Waals surface area contributed by atoms with Gasteiger partial charge in [-0.25, -0.2) is 0 Å². The number of hydrogen-bond donors (Lipinski definition) is 1. The second-order valence-electron chi connectivity index (χ2n) is 6.34. The van der Waals surface area contributed by atoms with E-state index in [2.05, 4.69) is 13.5 Å². The van der Waals surface area contributed by atoms with Crippen LogP contribution >= 0.6 is 11.6 Å². The molecule has 2 fully saturated rings. The van der Waals surface area contributed by atoms with Crippen LogP contribution in [0.15, 0.2) is 12.2 Å². The highest BCUT2D eigenvalue weighted by Crippen LogP contribution is 2.54. The van der Waals surface area contributed by atoms with Gasteiger partial charge in [0.05, 0.1) is 0 Å². The van der Waals surface area contributed by atoms with E-state index in [1.807, 2.05) is 6.92 Å². The Balaban J connectivity index is 2.35. The van der Waals surface area contributed by atoms with Gasteiger partial charge in [0.25, 0.3) is 0 Å². The van der Waals surface area contributed by atoms with E-state index in [9.17, 15) is 9.90 Å². The van der Waals surface area contributed by atoms with E-state index in [1.165, 1.54) is 0 Å². The van der Waals surface area contributed by atoms with Gasteiger partial charge < -0.3 is 5.11 Å². The molecule has 0 aromatic rings. The molecule has 5 unspecified atom stereocenters. The Kier molecular flexibility index (Phi) is 3.89. The Labute approximate surface area is 114 Å². The highest BCUT2D eigenvalue weighted by molar-refractivity contribution is 6.18. The van der Waals surface area contributed by atoms with Crippen LogP contribution in [0.5, 0.6) is 0 Å². The Bertz CT molecular complexity index is 366. The summed E-state index contributed by atoms with van der Waals surface area (Å²) in [6.45, 7) is 8.03. The van der Waals surface area contributed by atoms with E-state index in [1.54, 1.807) is 0 Å². The fourth-order valence-corrected chi connectivity index (χ4v) is 4.48. The monoisotopic (exact) mass is 270 g/mol. The van der Waals surface area contributed by atoms with Crippen molar-refractivity contribution in [1.29, 1.82) is 0 Å². The highest BCUT2D eigenvalue weighted by atomic mass is 35.5. The minimum Gasteiger partial charge on any atom is -0.385 e. The van der Waals surface area contributed by atoms with Crippen LogP contribution in [0.1, 0.15) is 39.5 Å². The molecular weight excluding hydrogens is 248 g/mol. The van der Waals surface area contributed by atoms with E-state index in [4.69, 9.17) is 11.6 Å². The van der Waals surface area contributed by atoms with E-state index in [0.29, 0.717) is 11.8 Å². The molecule has 0 saturated heterocycles. The largest absolute Gasteiger partial charge is 0.385 e. The van der Waals surface area contributed by atoms with Gasteiger partial charge in [-0.15, -0.1) is 11.6 Å². The smallest absolute Gasteiger partial charge is 0.165 e. The summed E-state index contributed by atoms with van der Waals surface area (Å²) in [6.07, 6.45) is 3.05. The number of ketones is 1. The summed E-state index contributed by atoms with van der Waals surface area (Å²) in [4.78, 5) is 12.4. The summed E-state index contributed by atoms with van der Waals surface area (Å²) >= 11 is 6.11. The van der Waals surface area contributed by atoms with Crippen LogP contribution < -0.4 is 0 Å². The SMILES string of the molecule is C=C(C)C1CC2(C)C(CCl)CCCC2C(=O)C1O. The fourth-order valence-electron chi connectivity index (χ4n) is 3.98. The number of hydrogen-bond acceptors (Lipinski definition) is 2. The molecule has 2 aliphatic carbocycles. The third-order valence-corrected chi connectivity index (χ3v) is 5.64. The number of carbonyl (C=O) groups excluding carboxylic acids is 1. The Morgan fingerprint density at radius 2 is 2.22 bits per heavy atom. The molecule has 0 aliphatic heterocycles. The van der Waals surface area contributed by atoms with Gasteiger partial charge in [-0.05, 0) is 37.5 Å². The van der Waals surface area contributed by atoms with Crippen LogP contribution in [0.2, 0.25) is 0 Å². The molecule has 0 radical (unpaired) electrons. The summed E-state index contributed by atoms with van der Waals surface area (Å²) in [6, 6.07) is 0. The van der Waals surface area contributed by atoms with Gasteiger partial charge in [-0.2, -0.15) is 0 Å². The van der Waals surface area contributed by atoms with E-state index < -0.39 is 6.10 Å². The summed E-state index contributed by atoms with van der Waals surface area (Å²) in [5.41, 5.74) is 0.856. The lowest BCUT2D eigenvalue weighted by Gasteiger charge is -2.52. The number of aliphatic hydroxyl groups is 1. The zero-order chi connectivity index (χ0) is 13.5. The molecule has 0 bridgehead atoms. The Morgan fingerprint density at radius 3 is 2.78 bits per heavy atom. The predicted octanol–water partition coefficient (Wildman–Crippen LogP) is 3.17. The van der Waals surface area contributed by atoms with Crippen LogP contribution in [0.3, 0.4) is 0 Å². The van der Waals surface area contributed by atoms with Crippen molar-refractivity contribution in [1.82, 2.24) is 0 Å². The Hall–Kier alpha value is -0.340. The van der Waals surface area contributed by atoms with Crippen molar-refractivity contribution in [2.75, 3.05) is 5.88 Å². The number of Topliss-reactive ketones (excluding diaryl/α,β-unsaturated/α-hetero) is 1. The Morgan fingerprint density at radius 1 is 1.56 bits per heavy atom. The summed E-state index contributed by atoms with van der Waals surface area (Å²) in [7, 11) is 0. The number of rotatable bonds is 2. The predicted molar refractivity (Wildman–Crippen MR) is 73.6 cm³/mol. The topological polar surface area (TPSA) is 37.3 Å². The molecule has 5 atom stereocenters. The summed E-state index contributed by atoms with van der Waals surface area (Å²) in [5, 5.41) is 10.2. The minimum atomic E-state index is -0.852. The molecule has 1 N–H and O–H groups in total. The van der Waals surface area contributed by atoms with Gasteiger partial charge in [0, 0.05) is 17.7 Å². The van der Waals surface area contributed by atoms with Gasteiger partial charge in [0.15, 0.2) is 5.78 Å². The summed E-state index contributed by atoms with van der Waals surface area (Å²) in [5.74, 6) is 0.908. The average Bonchev–Trinajstić information content (AvgIpc) is 2.33. The zero-order valence-electron chi connectivity index (χ0n) is 11.3. The first-order chi connectivity index (χ1) is 8.41. The van der Waals surface area contributed by atoms with Crippen molar-refractivity contribution in [3.8, 4) is 0 Å². The molecule has 3 heteroatoms. The number of halogens is 1. The number of alkyl halides is 1. The maximum Gasteiger partial charge on any atom is 0.165 e. The molecular formula is C15H23ClO2. The van der Waals surface area contributed by atoms with Crippen molar-refractivity contribution in [3.63, 3.8) is 0 Å². The molecule has 0 amide bonds. The van der Waals surface area contributed by atoms with Crippen LogP contribution in [0.25, 0.3) is 0 Å². The molecule has 2 rings (SSSR count). The molecule has 0 aromatic heterocycles. The standard InChI is InChI=1S/C15H23ClO2/c1-9(2)11-7-15(3)10(8-16)5-4-6-12(15)14(18)13(11)17/h10-13,17H,1,4-8H2,2-3H3. The zero-order valence-corrected chi connectivity index (χ0v) is 12.0. The van der Waals surface area contributed by atoms with Crippen LogP contribution in [0.4, 0.5) is 0 Å². The molecule has 0 heterocycles. The molecule has 2 aliphatic rings. The third-order valence-electron chi connectivity index (χ3n) is 5.27. The van der Waals surface area contributed by atoms with Crippen molar-refractivity contribution < 1.29 is 9.90 Å². The van der Waals surface area contributed by atoms with Crippen molar-refractivity contribution in [3.05, 3.63) is 12.2 Å². The lowest BCUT2D eigenvalue weighted by Crippen LogP contribution is -2.54. The molecule has 2 nitrogen and oxygen atoms in total. The molecule has 18 heavy (non-hydrogen) atoms. The van der Waals surface area contributed by atoms with Crippen LogP contribution in [-0.4, -0.2) is 22.9 Å². The van der Waals surface area contributed by atoms with Crippen LogP contribution in [-0.2, 0) is 4.79 Å². The van der Waals surface area contributed by atoms with Gasteiger partial charge >= 0.3 is 0 Å². The first-order valence-corrected chi connectivity index (χ1v) is 7.38. The minimum absolute atomic E-state index is 0.0133. The molecule has 2 saturated carbocycles. The summed E-state index contributed by atoms with van der Waals surface area (Å²) < 4.78 is 0. The van der Waals surface area contributed by atoms with E-state index in [0.717, 1.165) is 31.3 Å². The van der Waals surface area contributed by atoms with Gasteiger partial charge in [-0.1, -0.05) is 25.5 Å². The van der Waals surface area contributed by atoms with Crippen molar-refractivity contribution >= 4 is 17.4 Å². The maximum atomic E-state index is 12.4. The first-order valence-electron chi connectivity index (χ1n) is 6.85. The number of aliphatic hydroxyl groups excluding tert-OH is 1. The van der Waals surface area contributed by atoms with Crippen molar-refractivity contribution in [2.45, 2.75) is 45.6 Å².